The highest BCUT2D eigenvalue weighted by molar-refractivity contribution is 5.79. The first-order valence-corrected chi connectivity index (χ1v) is 9.99. The average Bonchev–Trinajstić information content (AvgIpc) is 2.62. The lowest BCUT2D eigenvalue weighted by atomic mass is 10.0. The Kier molecular flexibility index (Phi) is 8.92. The molecule has 1 saturated heterocycles. The van der Waals surface area contributed by atoms with E-state index in [0.717, 1.165) is 38.1 Å². The highest BCUT2D eigenvalue weighted by Gasteiger charge is 2.17. The van der Waals surface area contributed by atoms with Gasteiger partial charge in [-0.25, -0.2) is 0 Å². The van der Waals surface area contributed by atoms with E-state index >= 15 is 0 Å². The molecule has 1 aromatic rings. The molecular formula is C21H37N5. The smallest absolute Gasteiger partial charge is 0.191 e. The Morgan fingerprint density at radius 1 is 1.23 bits per heavy atom. The Labute approximate surface area is 159 Å². The number of piperidine rings is 1. The molecule has 1 aromatic carbocycles. The van der Waals surface area contributed by atoms with Gasteiger partial charge in [0.1, 0.15) is 0 Å². The number of benzene rings is 1. The summed E-state index contributed by atoms with van der Waals surface area (Å²) in [4.78, 5) is 9.16. The lowest BCUT2D eigenvalue weighted by molar-refractivity contribution is 0.159. The van der Waals surface area contributed by atoms with Gasteiger partial charge in [-0.1, -0.05) is 30.7 Å². The Morgan fingerprint density at radius 2 is 2.04 bits per heavy atom. The standard InChI is InChI=1S/C21H37N5/c1-18-9-5-6-13-26(18)14-8-12-23-21(22-2)24-16-19-10-7-11-20(15-19)17-25(3)4/h7,10-11,15,18H,5-6,8-9,12-14,16-17H2,1-4H3,(H2,22,23,24). The first kappa shape index (κ1) is 20.7. The molecule has 0 amide bonds. The Morgan fingerprint density at radius 3 is 2.77 bits per heavy atom. The fraction of sp³-hybridized carbons (Fsp3) is 0.667. The molecule has 1 atom stereocenters. The van der Waals surface area contributed by atoms with Gasteiger partial charge in [-0.2, -0.15) is 0 Å². The number of likely N-dealkylation sites (tertiary alicyclic amines) is 1. The summed E-state index contributed by atoms with van der Waals surface area (Å²) in [6.07, 6.45) is 5.25. The molecule has 0 saturated carbocycles. The summed E-state index contributed by atoms with van der Waals surface area (Å²) in [6, 6.07) is 9.48. The monoisotopic (exact) mass is 359 g/mol. The number of guanidine groups is 1. The van der Waals surface area contributed by atoms with E-state index in [9.17, 15) is 0 Å². The second kappa shape index (κ2) is 11.2. The van der Waals surface area contributed by atoms with E-state index in [4.69, 9.17) is 0 Å². The maximum absolute atomic E-state index is 4.35. The molecule has 5 nitrogen and oxygen atoms in total. The molecule has 0 aromatic heterocycles. The van der Waals surface area contributed by atoms with Gasteiger partial charge >= 0.3 is 0 Å². The third-order valence-corrected chi connectivity index (χ3v) is 5.03. The lowest BCUT2D eigenvalue weighted by Gasteiger charge is -2.33. The minimum atomic E-state index is 0.746. The largest absolute Gasteiger partial charge is 0.356 e. The molecule has 1 aliphatic rings. The van der Waals surface area contributed by atoms with Crippen LogP contribution in [-0.4, -0.2) is 62.6 Å². The first-order chi connectivity index (χ1) is 12.6. The number of hydrogen-bond acceptors (Lipinski definition) is 3. The third kappa shape index (κ3) is 7.34. The zero-order valence-electron chi connectivity index (χ0n) is 17.1. The average molecular weight is 360 g/mol. The molecule has 1 heterocycles. The van der Waals surface area contributed by atoms with Crippen molar-refractivity contribution < 1.29 is 0 Å². The Bertz CT molecular complexity index is 555. The second-order valence-electron chi connectivity index (χ2n) is 7.64. The van der Waals surface area contributed by atoms with Gasteiger partial charge in [0.2, 0.25) is 0 Å². The van der Waals surface area contributed by atoms with Crippen LogP contribution in [0.5, 0.6) is 0 Å². The first-order valence-electron chi connectivity index (χ1n) is 9.99. The summed E-state index contributed by atoms with van der Waals surface area (Å²) in [5.41, 5.74) is 2.63. The van der Waals surface area contributed by atoms with Crippen LogP contribution < -0.4 is 10.6 Å². The van der Waals surface area contributed by atoms with Crippen molar-refractivity contribution in [3.8, 4) is 0 Å². The molecule has 2 rings (SSSR count). The van der Waals surface area contributed by atoms with Crippen molar-refractivity contribution >= 4 is 5.96 Å². The lowest BCUT2D eigenvalue weighted by Crippen LogP contribution is -2.41. The topological polar surface area (TPSA) is 42.9 Å². The molecular weight excluding hydrogens is 322 g/mol. The normalized spacial score (nSPS) is 19.0. The molecule has 0 bridgehead atoms. The second-order valence-corrected chi connectivity index (χ2v) is 7.64. The minimum absolute atomic E-state index is 0.746. The van der Waals surface area contributed by atoms with Gasteiger partial charge in [-0.15, -0.1) is 0 Å². The summed E-state index contributed by atoms with van der Waals surface area (Å²) in [6.45, 7) is 7.52. The zero-order valence-corrected chi connectivity index (χ0v) is 17.1. The van der Waals surface area contributed by atoms with Crippen LogP contribution >= 0.6 is 0 Å². The van der Waals surface area contributed by atoms with E-state index in [1.165, 1.54) is 43.5 Å². The molecule has 0 radical (unpaired) electrons. The van der Waals surface area contributed by atoms with E-state index in [1.807, 2.05) is 7.05 Å². The van der Waals surface area contributed by atoms with Gasteiger partial charge in [-0.3, -0.25) is 4.99 Å². The van der Waals surface area contributed by atoms with Crippen LogP contribution in [0.3, 0.4) is 0 Å². The zero-order chi connectivity index (χ0) is 18.8. The number of nitrogens with zero attached hydrogens (tertiary/aromatic N) is 3. The number of aliphatic imine (C=N–C) groups is 1. The number of rotatable bonds is 8. The maximum atomic E-state index is 4.35. The fourth-order valence-corrected chi connectivity index (χ4v) is 3.59. The summed E-state index contributed by atoms with van der Waals surface area (Å²) in [5.74, 6) is 0.884. The molecule has 146 valence electrons. The molecule has 1 unspecified atom stereocenters. The molecule has 0 aliphatic carbocycles. The Hall–Kier alpha value is -1.59. The van der Waals surface area contributed by atoms with E-state index in [1.54, 1.807) is 0 Å². The van der Waals surface area contributed by atoms with Crippen LogP contribution in [0, 0.1) is 0 Å². The quantitative estimate of drug-likeness (QED) is 0.425. The van der Waals surface area contributed by atoms with Gasteiger partial charge in [0.05, 0.1) is 0 Å². The Balaban J connectivity index is 1.69. The van der Waals surface area contributed by atoms with Gasteiger partial charge in [-0.05, 0) is 58.0 Å². The summed E-state index contributed by atoms with van der Waals surface area (Å²) < 4.78 is 0. The van der Waals surface area contributed by atoms with Crippen molar-refractivity contribution in [3.05, 3.63) is 35.4 Å². The highest BCUT2D eigenvalue weighted by Crippen LogP contribution is 2.16. The fourth-order valence-electron chi connectivity index (χ4n) is 3.59. The van der Waals surface area contributed by atoms with Crippen molar-refractivity contribution in [2.24, 2.45) is 4.99 Å². The van der Waals surface area contributed by atoms with E-state index in [-0.39, 0.29) is 0 Å². The molecule has 2 N–H and O–H groups in total. The predicted molar refractivity (Wildman–Crippen MR) is 112 cm³/mol. The highest BCUT2D eigenvalue weighted by atomic mass is 15.2. The molecule has 0 spiro atoms. The van der Waals surface area contributed by atoms with Crippen molar-refractivity contribution in [3.63, 3.8) is 0 Å². The van der Waals surface area contributed by atoms with E-state index < -0.39 is 0 Å². The number of hydrogen-bond donors (Lipinski definition) is 2. The van der Waals surface area contributed by atoms with Crippen molar-refractivity contribution in [2.45, 2.75) is 51.7 Å². The van der Waals surface area contributed by atoms with Gasteiger partial charge in [0, 0.05) is 39.3 Å². The van der Waals surface area contributed by atoms with Crippen LogP contribution in [0.2, 0.25) is 0 Å². The summed E-state index contributed by atoms with van der Waals surface area (Å²) >= 11 is 0. The van der Waals surface area contributed by atoms with Crippen LogP contribution in [0.15, 0.2) is 29.3 Å². The van der Waals surface area contributed by atoms with Crippen molar-refractivity contribution in [1.82, 2.24) is 20.4 Å². The maximum Gasteiger partial charge on any atom is 0.191 e. The van der Waals surface area contributed by atoms with Crippen LogP contribution in [-0.2, 0) is 13.1 Å². The SMILES string of the molecule is CN=C(NCCCN1CCCCC1C)NCc1cccc(CN(C)C)c1. The van der Waals surface area contributed by atoms with E-state index in [0.29, 0.717) is 0 Å². The number of nitrogens with one attached hydrogen (secondary N) is 2. The summed E-state index contributed by atoms with van der Waals surface area (Å²) in [7, 11) is 6.03. The molecule has 26 heavy (non-hydrogen) atoms. The van der Waals surface area contributed by atoms with Crippen molar-refractivity contribution in [1.29, 1.82) is 0 Å². The van der Waals surface area contributed by atoms with E-state index in [2.05, 4.69) is 70.7 Å². The van der Waals surface area contributed by atoms with Crippen LogP contribution in [0.4, 0.5) is 0 Å². The predicted octanol–water partition coefficient (Wildman–Crippen LogP) is 2.68. The summed E-state index contributed by atoms with van der Waals surface area (Å²) in [5, 5.41) is 6.87. The van der Waals surface area contributed by atoms with Crippen molar-refractivity contribution in [2.75, 3.05) is 40.8 Å². The minimum Gasteiger partial charge on any atom is -0.356 e. The van der Waals surface area contributed by atoms with Crippen LogP contribution in [0.1, 0.15) is 43.7 Å². The molecule has 5 heteroatoms. The third-order valence-electron chi connectivity index (χ3n) is 5.03. The molecule has 1 fully saturated rings. The van der Waals surface area contributed by atoms with Gasteiger partial charge in [0.25, 0.3) is 0 Å². The van der Waals surface area contributed by atoms with Gasteiger partial charge < -0.3 is 20.4 Å². The van der Waals surface area contributed by atoms with Crippen LogP contribution in [0.25, 0.3) is 0 Å². The molecule has 1 aliphatic heterocycles. The van der Waals surface area contributed by atoms with Gasteiger partial charge in [0.15, 0.2) is 5.96 Å².